The molecule has 0 aliphatic rings. The number of primary amides is 2. The van der Waals surface area contributed by atoms with E-state index in [4.69, 9.17) is 11.5 Å². The lowest BCUT2D eigenvalue weighted by Gasteiger charge is -2.07. The monoisotopic (exact) mass is 478 g/mol. The van der Waals surface area contributed by atoms with Crippen molar-refractivity contribution in [3.8, 4) is 0 Å². The van der Waals surface area contributed by atoms with Crippen LogP contribution in [0.4, 0.5) is 10.0 Å². The van der Waals surface area contributed by atoms with Gasteiger partial charge >= 0.3 is 0 Å². The van der Waals surface area contributed by atoms with Crippen molar-refractivity contribution < 1.29 is 19.2 Å². The topological polar surface area (TPSA) is 144 Å². The number of carbonyl (C=O) groups is 4. The Morgan fingerprint density at radius 1 is 0.719 bits per heavy atom. The van der Waals surface area contributed by atoms with Crippen molar-refractivity contribution in [1.82, 2.24) is 0 Å². The van der Waals surface area contributed by atoms with Gasteiger partial charge in [0.15, 0.2) is 0 Å². The van der Waals surface area contributed by atoms with Crippen LogP contribution in [0.1, 0.15) is 81.1 Å². The molecule has 0 saturated carbocycles. The van der Waals surface area contributed by atoms with Crippen molar-refractivity contribution in [2.45, 2.75) is 66.2 Å². The number of unbranched alkanes of at least 4 members (excludes halogenated alkanes) is 1. The van der Waals surface area contributed by atoms with Crippen LogP contribution in [-0.4, -0.2) is 23.6 Å². The molecular weight excluding hydrogens is 448 g/mol. The minimum Gasteiger partial charge on any atom is -0.365 e. The van der Waals surface area contributed by atoms with E-state index in [1.807, 2.05) is 27.7 Å². The molecule has 2 aromatic heterocycles. The van der Waals surface area contributed by atoms with E-state index in [1.165, 1.54) is 22.7 Å². The average Bonchev–Trinajstić information content (AvgIpc) is 3.20. The van der Waals surface area contributed by atoms with Gasteiger partial charge in [-0.25, -0.2) is 0 Å². The van der Waals surface area contributed by atoms with Gasteiger partial charge in [0.2, 0.25) is 11.8 Å². The minimum atomic E-state index is -0.552. The summed E-state index contributed by atoms with van der Waals surface area (Å²) in [5.74, 6) is -1.56. The van der Waals surface area contributed by atoms with Crippen molar-refractivity contribution >= 4 is 56.3 Å². The summed E-state index contributed by atoms with van der Waals surface area (Å²) in [5.41, 5.74) is 13.5. The maximum Gasteiger partial charge on any atom is 0.251 e. The molecular formula is C22H30N4O4S2. The summed E-state index contributed by atoms with van der Waals surface area (Å²) >= 11 is 2.69. The van der Waals surface area contributed by atoms with E-state index in [9.17, 15) is 19.2 Å². The summed E-state index contributed by atoms with van der Waals surface area (Å²) in [4.78, 5) is 50.1. The van der Waals surface area contributed by atoms with Gasteiger partial charge in [0.25, 0.3) is 11.8 Å². The first-order chi connectivity index (χ1) is 15.1. The van der Waals surface area contributed by atoms with Gasteiger partial charge in [-0.1, -0.05) is 13.8 Å². The van der Waals surface area contributed by atoms with Gasteiger partial charge < -0.3 is 22.1 Å². The van der Waals surface area contributed by atoms with Gasteiger partial charge in [0, 0.05) is 22.6 Å². The van der Waals surface area contributed by atoms with Gasteiger partial charge in [0.05, 0.1) is 11.1 Å². The van der Waals surface area contributed by atoms with Gasteiger partial charge in [-0.2, -0.15) is 0 Å². The number of carbonyl (C=O) groups excluding carboxylic acids is 4. The zero-order chi connectivity index (χ0) is 24.0. The van der Waals surface area contributed by atoms with Crippen molar-refractivity contribution in [3.05, 3.63) is 32.0 Å². The van der Waals surface area contributed by atoms with E-state index >= 15 is 0 Å². The lowest BCUT2D eigenvalue weighted by Crippen LogP contribution is -2.18. The summed E-state index contributed by atoms with van der Waals surface area (Å²) in [7, 11) is 0. The first-order valence-electron chi connectivity index (χ1n) is 10.5. The number of nitrogens with two attached hydrogens (primary N) is 2. The van der Waals surface area contributed by atoms with Crippen molar-refractivity contribution in [3.63, 3.8) is 0 Å². The highest BCUT2D eigenvalue weighted by molar-refractivity contribution is 7.17. The van der Waals surface area contributed by atoms with Crippen LogP contribution in [0.25, 0.3) is 0 Å². The molecule has 0 unspecified atom stereocenters. The molecule has 0 aromatic carbocycles. The number of thiophene rings is 2. The SMILES string of the molecule is CCc1c(C)sc(NC(=O)CCCCC(=O)Nc2sc(C)c(CC)c2C(N)=O)c1C(N)=O. The predicted molar refractivity (Wildman–Crippen MR) is 130 cm³/mol. The molecule has 174 valence electrons. The molecule has 0 spiro atoms. The highest BCUT2D eigenvalue weighted by Crippen LogP contribution is 2.34. The Morgan fingerprint density at radius 3 is 1.34 bits per heavy atom. The molecule has 10 heteroatoms. The fourth-order valence-corrected chi connectivity index (χ4v) is 5.99. The van der Waals surface area contributed by atoms with Gasteiger partial charge in [-0.3, -0.25) is 19.2 Å². The van der Waals surface area contributed by atoms with E-state index in [-0.39, 0.29) is 24.7 Å². The fraction of sp³-hybridized carbons (Fsp3) is 0.455. The third-order valence-corrected chi connectivity index (χ3v) is 7.31. The van der Waals surface area contributed by atoms with Crippen molar-refractivity contribution in [2.75, 3.05) is 10.6 Å². The maximum absolute atomic E-state index is 12.3. The predicted octanol–water partition coefficient (Wildman–Crippen LogP) is 3.89. The van der Waals surface area contributed by atoms with Crippen LogP contribution >= 0.6 is 22.7 Å². The first kappa shape index (κ1) is 25.5. The number of rotatable bonds is 11. The Morgan fingerprint density at radius 2 is 1.06 bits per heavy atom. The minimum absolute atomic E-state index is 0.217. The van der Waals surface area contributed by atoms with E-state index < -0.39 is 11.8 Å². The molecule has 32 heavy (non-hydrogen) atoms. The molecule has 4 amide bonds. The van der Waals surface area contributed by atoms with Gasteiger partial charge in [0.1, 0.15) is 10.0 Å². The number of aryl methyl sites for hydroxylation is 2. The molecule has 2 rings (SSSR count). The molecule has 0 atom stereocenters. The molecule has 2 aromatic rings. The average molecular weight is 479 g/mol. The summed E-state index contributed by atoms with van der Waals surface area (Å²) in [5, 5.41) is 6.52. The number of hydrogen-bond acceptors (Lipinski definition) is 6. The number of anilines is 2. The Bertz CT molecular complexity index is 957. The molecule has 0 bridgehead atoms. The van der Waals surface area contributed by atoms with Crippen LogP contribution in [0.2, 0.25) is 0 Å². The van der Waals surface area contributed by atoms with Crippen LogP contribution < -0.4 is 22.1 Å². The van der Waals surface area contributed by atoms with E-state index in [0.717, 1.165) is 20.9 Å². The largest absolute Gasteiger partial charge is 0.365 e. The van der Waals surface area contributed by atoms with Crippen LogP contribution in [0, 0.1) is 13.8 Å². The lowest BCUT2D eigenvalue weighted by atomic mass is 10.1. The Labute approximate surface area is 195 Å². The second kappa shape index (κ2) is 11.2. The van der Waals surface area contributed by atoms with Crippen molar-refractivity contribution in [1.29, 1.82) is 0 Å². The van der Waals surface area contributed by atoms with E-state index in [2.05, 4.69) is 10.6 Å². The molecule has 0 saturated heterocycles. The third kappa shape index (κ3) is 5.95. The van der Waals surface area contributed by atoms with Crippen molar-refractivity contribution in [2.24, 2.45) is 11.5 Å². The first-order valence-corrected chi connectivity index (χ1v) is 12.2. The standard InChI is InChI=1S/C22H30N4O4S2/c1-5-13-11(3)31-21(17(13)19(23)29)25-15(27)9-7-8-10-16(28)26-22-18(20(24)30)14(6-2)12(4)32-22/h5-10H2,1-4H3,(H2,23,29)(H2,24,30)(H,25,27)(H,26,28). The smallest absolute Gasteiger partial charge is 0.251 e. The summed E-state index contributed by atoms with van der Waals surface area (Å²) < 4.78 is 0. The number of amides is 4. The third-order valence-electron chi connectivity index (χ3n) is 5.18. The number of hydrogen-bond donors (Lipinski definition) is 4. The normalized spacial score (nSPS) is 10.8. The van der Waals surface area contributed by atoms with E-state index in [0.29, 0.717) is 46.8 Å². The van der Waals surface area contributed by atoms with E-state index in [1.54, 1.807) is 0 Å². The summed E-state index contributed by atoms with van der Waals surface area (Å²) in [6.07, 6.45) is 2.76. The molecule has 8 nitrogen and oxygen atoms in total. The van der Waals surface area contributed by atoms with Crippen LogP contribution in [0.5, 0.6) is 0 Å². The lowest BCUT2D eigenvalue weighted by molar-refractivity contribution is -0.118. The maximum atomic E-state index is 12.3. The Hall–Kier alpha value is -2.72. The highest BCUT2D eigenvalue weighted by Gasteiger charge is 2.21. The van der Waals surface area contributed by atoms with Crippen LogP contribution in [-0.2, 0) is 22.4 Å². The quantitative estimate of drug-likeness (QED) is 0.363. The second-order valence-corrected chi connectivity index (χ2v) is 9.87. The van der Waals surface area contributed by atoms with Crippen LogP contribution in [0.15, 0.2) is 0 Å². The zero-order valence-electron chi connectivity index (χ0n) is 18.8. The molecule has 0 fully saturated rings. The zero-order valence-corrected chi connectivity index (χ0v) is 20.5. The van der Waals surface area contributed by atoms with Gasteiger partial charge in [-0.05, 0) is 50.7 Å². The van der Waals surface area contributed by atoms with Crippen LogP contribution in [0.3, 0.4) is 0 Å². The molecule has 0 aliphatic carbocycles. The second-order valence-electron chi connectivity index (χ2n) is 7.42. The summed E-state index contributed by atoms with van der Waals surface area (Å²) in [6.45, 7) is 7.66. The molecule has 6 N–H and O–H groups in total. The highest BCUT2D eigenvalue weighted by atomic mass is 32.1. The molecule has 0 radical (unpaired) electrons. The molecule has 0 aliphatic heterocycles. The Kier molecular flexibility index (Phi) is 8.97. The summed E-state index contributed by atoms with van der Waals surface area (Å²) in [6, 6.07) is 0. The number of nitrogens with one attached hydrogen (secondary N) is 2. The molecule has 2 heterocycles. The van der Waals surface area contributed by atoms with Gasteiger partial charge in [-0.15, -0.1) is 22.7 Å². The Balaban J connectivity index is 1.87. The fourth-order valence-electron chi connectivity index (χ4n) is 3.66.